The Morgan fingerprint density at radius 1 is 0.500 bits per heavy atom. The Morgan fingerprint density at radius 3 is 0.500 bits per heavy atom. The zero-order valence-corrected chi connectivity index (χ0v) is 14.7. The van der Waals surface area contributed by atoms with E-state index in [2.05, 4.69) is 0 Å². The molecule has 0 atom stereocenters. The van der Waals surface area contributed by atoms with E-state index in [1.807, 2.05) is 0 Å². The van der Waals surface area contributed by atoms with Gasteiger partial charge >= 0.3 is 94.4 Å². The largest absolute Gasteiger partial charge is 2.00 e. The van der Waals surface area contributed by atoms with Crippen molar-refractivity contribution in [2.24, 2.45) is 0 Å². The molecular weight excluding hydrogens is 489 g/mol. The summed E-state index contributed by atoms with van der Waals surface area (Å²) >= 11 is 0. The van der Waals surface area contributed by atoms with Gasteiger partial charge in [0, 0.05) is 21.1 Å². The van der Waals surface area contributed by atoms with Gasteiger partial charge in [-0.1, -0.05) is 0 Å². The molecule has 0 heterocycles. The summed E-state index contributed by atoms with van der Waals surface area (Å²) < 4.78 is 0. The van der Waals surface area contributed by atoms with E-state index in [1.165, 1.54) is 0 Å². The molecule has 0 amide bonds. The molecule has 0 saturated carbocycles. The summed E-state index contributed by atoms with van der Waals surface area (Å²) in [7, 11) is 0. The fraction of sp³-hybridized carbons (Fsp3) is 0. The molecule has 0 unspecified atom stereocenters. The van der Waals surface area contributed by atoms with Gasteiger partial charge in [0.1, 0.15) is 0 Å². The Balaban J connectivity index is 0. The van der Waals surface area contributed by atoms with Gasteiger partial charge in [-0.05, 0) is 0 Å². The first kappa shape index (κ1) is 102. The predicted octanol–water partition coefficient (Wildman–Crippen LogP) is -1.36. The van der Waals surface area contributed by atoms with Gasteiger partial charge in [-0.3, -0.25) is 0 Å². The third kappa shape index (κ3) is 55.5. The van der Waals surface area contributed by atoms with Crippen LogP contribution in [0.15, 0.2) is 0 Å². The Labute approximate surface area is 139 Å². The molecule has 0 N–H and O–H groups in total. The molecule has 8 heavy (non-hydrogen) atoms. The van der Waals surface area contributed by atoms with Gasteiger partial charge in [-0.15, -0.1) is 0 Å². The van der Waals surface area contributed by atoms with Crippen LogP contribution in [0.1, 0.15) is 0 Å². The number of hydrogen-bond donors (Lipinski definition) is 0. The molecule has 0 aliphatic carbocycles. The van der Waals surface area contributed by atoms with Crippen molar-refractivity contribution in [1.82, 2.24) is 0 Å². The number of rotatable bonds is 0. The average Bonchev–Trinajstić information content (AvgIpc) is 0. The summed E-state index contributed by atoms with van der Waals surface area (Å²) in [4.78, 5) is 0. The van der Waals surface area contributed by atoms with Crippen molar-refractivity contribution in [2.45, 2.75) is 0 Å². The van der Waals surface area contributed by atoms with E-state index < -0.39 is 0 Å². The van der Waals surface area contributed by atoms with Gasteiger partial charge in [0.2, 0.25) is 0 Å². The summed E-state index contributed by atoms with van der Waals surface area (Å²) in [5.41, 5.74) is 0. The van der Waals surface area contributed by atoms with Gasteiger partial charge in [0.05, 0.1) is 0 Å². The van der Waals surface area contributed by atoms with Gasteiger partial charge in [-0.25, -0.2) is 0 Å². The second-order valence-corrected chi connectivity index (χ2v) is 0. The molecule has 0 bridgehead atoms. The van der Waals surface area contributed by atoms with Crippen molar-refractivity contribution in [1.29, 1.82) is 0 Å². The zero-order valence-electron chi connectivity index (χ0n) is 3.86. The molecule has 5 nitrogen and oxygen atoms in total. The summed E-state index contributed by atoms with van der Waals surface area (Å²) in [6.07, 6.45) is 0. The monoisotopic (exact) mass is 490 g/mol. The van der Waals surface area contributed by atoms with Crippen molar-refractivity contribution in [2.75, 3.05) is 0 Å². The molecule has 0 aromatic carbocycles. The van der Waals surface area contributed by atoms with E-state index in [9.17, 15) is 0 Å². The average molecular weight is 489 g/mol. The van der Waals surface area contributed by atoms with Crippen LogP contribution in [0, 0.1) is 0 Å². The molecular formula is BaO5SrW-6. The predicted molar refractivity (Wildman–Crippen MR) is 14.9 cm³/mol. The molecule has 0 aliphatic heterocycles. The van der Waals surface area contributed by atoms with Crippen LogP contribution in [0.5, 0.6) is 0 Å². The van der Waals surface area contributed by atoms with Crippen molar-refractivity contribution in [3.63, 3.8) is 0 Å². The minimum absolute atomic E-state index is 0. The van der Waals surface area contributed by atoms with Crippen LogP contribution in [0.4, 0.5) is 0 Å². The fourth-order valence-electron chi connectivity index (χ4n) is 0. The maximum absolute atomic E-state index is 0. The molecule has 0 rings (SSSR count). The summed E-state index contributed by atoms with van der Waals surface area (Å²) in [6, 6.07) is 0. The Hall–Kier alpha value is 3.54. The molecule has 0 aromatic heterocycles. The molecule has 0 aromatic rings. The Bertz CT molecular complexity index is 12.4. The molecule has 0 fully saturated rings. The van der Waals surface area contributed by atoms with Crippen LogP contribution in [0.3, 0.4) is 0 Å². The van der Waals surface area contributed by atoms with Crippen molar-refractivity contribution in [3.8, 4) is 0 Å². The van der Waals surface area contributed by atoms with Gasteiger partial charge in [0.25, 0.3) is 0 Å². The molecule has 8 heteroatoms. The van der Waals surface area contributed by atoms with Crippen LogP contribution >= 0.6 is 0 Å². The van der Waals surface area contributed by atoms with Gasteiger partial charge in [0.15, 0.2) is 0 Å². The zero-order chi connectivity index (χ0) is 0. The quantitative estimate of drug-likeness (QED) is 0.371. The molecule has 0 aliphatic rings. The van der Waals surface area contributed by atoms with Gasteiger partial charge < -0.3 is 27.4 Å². The summed E-state index contributed by atoms with van der Waals surface area (Å²) in [5.74, 6) is 0. The maximum atomic E-state index is 0. The number of hydrogen-bond acceptors (Lipinski definition) is 0. The van der Waals surface area contributed by atoms with E-state index in [0.717, 1.165) is 0 Å². The molecule has 46 valence electrons. The SMILES string of the molecule is [Ba+2].[O-2].[O-2].[O-2].[O-2].[O-2].[Sr+2].[W]. The molecule has 0 saturated heterocycles. The van der Waals surface area contributed by atoms with E-state index in [0.29, 0.717) is 0 Å². The van der Waals surface area contributed by atoms with Crippen LogP contribution < -0.4 is 0 Å². The first-order valence-electron chi connectivity index (χ1n) is 0. The Morgan fingerprint density at radius 2 is 0.500 bits per heavy atom. The second-order valence-electron chi connectivity index (χ2n) is 0. The molecule has 0 spiro atoms. The van der Waals surface area contributed by atoms with E-state index in [1.54, 1.807) is 0 Å². The summed E-state index contributed by atoms with van der Waals surface area (Å²) in [5, 5.41) is 0. The van der Waals surface area contributed by atoms with Crippen molar-refractivity contribution >= 4 is 94.4 Å². The van der Waals surface area contributed by atoms with Crippen LogP contribution in [0.25, 0.3) is 0 Å². The van der Waals surface area contributed by atoms with Crippen molar-refractivity contribution < 1.29 is 48.4 Å². The Kier molecular flexibility index (Phi) is 979. The third-order valence-electron chi connectivity index (χ3n) is 0. The van der Waals surface area contributed by atoms with E-state index >= 15 is 0 Å². The first-order valence-corrected chi connectivity index (χ1v) is 0. The smallest absolute Gasteiger partial charge is 2.00 e. The fourth-order valence-corrected chi connectivity index (χ4v) is 0. The minimum atomic E-state index is 0. The third-order valence-corrected chi connectivity index (χ3v) is 0. The minimum Gasteiger partial charge on any atom is -2.00 e. The van der Waals surface area contributed by atoms with Crippen molar-refractivity contribution in [3.05, 3.63) is 0 Å². The summed E-state index contributed by atoms with van der Waals surface area (Å²) in [6.45, 7) is 0. The standard InChI is InChI=1S/Ba.5O.Sr.W/q+2;5*-2;+2;. The first-order chi connectivity index (χ1) is 0. The normalized spacial score (nSPS) is 0. The van der Waals surface area contributed by atoms with Crippen LogP contribution in [-0.4, -0.2) is 94.4 Å². The second kappa shape index (κ2) is 76.5. The van der Waals surface area contributed by atoms with Gasteiger partial charge in [-0.2, -0.15) is 0 Å². The maximum Gasteiger partial charge on any atom is 2.00 e. The van der Waals surface area contributed by atoms with Crippen LogP contribution in [-0.2, 0) is 48.4 Å². The topological polar surface area (TPSA) is 142 Å². The van der Waals surface area contributed by atoms with E-state index in [-0.39, 0.29) is 143 Å². The van der Waals surface area contributed by atoms with Crippen LogP contribution in [0.2, 0.25) is 0 Å². The van der Waals surface area contributed by atoms with E-state index in [4.69, 9.17) is 0 Å². The molecule has 0 radical (unpaired) electrons.